The fourth-order valence-electron chi connectivity index (χ4n) is 2.26. The maximum atomic E-state index is 12.6. The fraction of sp³-hybridized carbons (Fsp3) is 0.571. The van der Waals surface area contributed by atoms with Gasteiger partial charge in [0.1, 0.15) is 0 Å². The molecule has 0 unspecified atom stereocenters. The summed E-state index contributed by atoms with van der Waals surface area (Å²) in [6, 6.07) is 3.04. The fourth-order valence-corrected chi connectivity index (χ4v) is 3.57. The molecule has 0 spiro atoms. The average Bonchev–Trinajstić information content (AvgIpc) is 3.29. The first kappa shape index (κ1) is 16.1. The summed E-state index contributed by atoms with van der Waals surface area (Å²) in [4.78, 5) is 0.184. The second kappa shape index (κ2) is 6.21. The number of nitrogens with zero attached hydrogens (tertiary/aromatic N) is 1. The second-order valence-electron chi connectivity index (χ2n) is 5.25. The summed E-state index contributed by atoms with van der Waals surface area (Å²) in [5, 5.41) is 0. The number of hydrogen-bond donors (Lipinski definition) is 1. The van der Waals surface area contributed by atoms with Crippen LogP contribution in [0.2, 0.25) is 0 Å². The van der Waals surface area contributed by atoms with Gasteiger partial charge in [-0.1, -0.05) is 0 Å². The highest BCUT2D eigenvalue weighted by Crippen LogP contribution is 2.36. The number of sulfonamides is 1. The van der Waals surface area contributed by atoms with Gasteiger partial charge in [0, 0.05) is 31.8 Å². The van der Waals surface area contributed by atoms with Gasteiger partial charge >= 0.3 is 0 Å². The molecule has 0 heterocycles. The van der Waals surface area contributed by atoms with Crippen LogP contribution in [0.25, 0.3) is 0 Å². The number of benzene rings is 1. The van der Waals surface area contributed by atoms with E-state index < -0.39 is 10.0 Å². The summed E-state index contributed by atoms with van der Waals surface area (Å²) < 4.78 is 37.1. The molecule has 0 atom stereocenters. The van der Waals surface area contributed by atoms with Crippen molar-refractivity contribution in [3.8, 4) is 11.5 Å². The molecule has 118 valence electrons. The Morgan fingerprint density at radius 3 is 2.43 bits per heavy atom. The number of methoxy groups -OCH3 is 2. The Bertz CT molecular complexity index is 586. The largest absolute Gasteiger partial charge is 0.493 e. The van der Waals surface area contributed by atoms with Crippen molar-refractivity contribution in [2.45, 2.75) is 24.3 Å². The Morgan fingerprint density at radius 1 is 1.29 bits per heavy atom. The van der Waals surface area contributed by atoms with Crippen LogP contribution in [0.4, 0.5) is 0 Å². The lowest BCUT2D eigenvalue weighted by atomic mass is 10.2. The summed E-state index contributed by atoms with van der Waals surface area (Å²) in [6.07, 6.45) is 2.19. The summed E-state index contributed by atoms with van der Waals surface area (Å²) in [6.45, 7) is 0.726. The summed E-state index contributed by atoms with van der Waals surface area (Å²) in [5.41, 5.74) is 6.29. The lowest BCUT2D eigenvalue weighted by molar-refractivity contribution is 0.350. The molecule has 1 aromatic rings. The normalized spacial score (nSPS) is 15.3. The van der Waals surface area contributed by atoms with E-state index in [1.165, 1.54) is 24.6 Å². The van der Waals surface area contributed by atoms with Crippen LogP contribution in [0.15, 0.2) is 17.0 Å². The second-order valence-corrected chi connectivity index (χ2v) is 7.30. The van der Waals surface area contributed by atoms with Crippen LogP contribution in [0.5, 0.6) is 11.5 Å². The number of ether oxygens (including phenoxy) is 2. The lowest BCUT2D eigenvalue weighted by Gasteiger charge is -2.19. The third-order valence-electron chi connectivity index (χ3n) is 3.67. The third-order valence-corrected chi connectivity index (χ3v) is 5.47. The number of nitrogens with two attached hydrogens (primary N) is 1. The van der Waals surface area contributed by atoms with Gasteiger partial charge in [-0.2, -0.15) is 0 Å². The molecule has 2 N–H and O–H groups in total. The third kappa shape index (κ3) is 3.30. The Morgan fingerprint density at radius 2 is 1.95 bits per heavy atom. The average molecular weight is 314 g/mol. The topological polar surface area (TPSA) is 81.9 Å². The molecule has 1 saturated carbocycles. The van der Waals surface area contributed by atoms with Crippen LogP contribution in [0.3, 0.4) is 0 Å². The van der Waals surface area contributed by atoms with E-state index in [-0.39, 0.29) is 11.4 Å². The SMILES string of the molecule is COc1cc(S(=O)(=O)N(C)CC2CC2)cc(CN)c1OC. The highest BCUT2D eigenvalue weighted by molar-refractivity contribution is 7.89. The van der Waals surface area contributed by atoms with Gasteiger partial charge in [-0.25, -0.2) is 12.7 Å². The number of rotatable bonds is 7. The molecule has 1 aliphatic rings. The Hall–Kier alpha value is -1.31. The van der Waals surface area contributed by atoms with Gasteiger partial charge in [0.15, 0.2) is 11.5 Å². The first-order chi connectivity index (χ1) is 9.93. The predicted molar refractivity (Wildman–Crippen MR) is 80.0 cm³/mol. The van der Waals surface area contributed by atoms with E-state index in [1.54, 1.807) is 13.1 Å². The first-order valence-electron chi connectivity index (χ1n) is 6.85. The van der Waals surface area contributed by atoms with E-state index in [0.29, 0.717) is 29.5 Å². The number of hydrogen-bond acceptors (Lipinski definition) is 5. The van der Waals surface area contributed by atoms with Crippen molar-refractivity contribution in [1.29, 1.82) is 0 Å². The highest BCUT2D eigenvalue weighted by atomic mass is 32.2. The summed E-state index contributed by atoms with van der Waals surface area (Å²) in [7, 11) is 1.04. The van der Waals surface area contributed by atoms with Crippen molar-refractivity contribution in [1.82, 2.24) is 4.31 Å². The van der Waals surface area contributed by atoms with E-state index in [1.807, 2.05) is 0 Å². The highest BCUT2D eigenvalue weighted by Gasteiger charge is 2.30. The van der Waals surface area contributed by atoms with Crippen LogP contribution in [0.1, 0.15) is 18.4 Å². The Kier molecular flexibility index (Phi) is 4.75. The van der Waals surface area contributed by atoms with Gasteiger partial charge in [-0.3, -0.25) is 0 Å². The van der Waals surface area contributed by atoms with Crippen LogP contribution in [0, 0.1) is 5.92 Å². The molecule has 7 heteroatoms. The van der Waals surface area contributed by atoms with Crippen molar-refractivity contribution >= 4 is 10.0 Å². The zero-order valence-electron chi connectivity index (χ0n) is 12.6. The van der Waals surface area contributed by atoms with E-state index in [0.717, 1.165) is 12.8 Å². The standard InChI is InChI=1S/C14H22N2O4S/c1-16(9-10-4-5-10)21(17,18)12-6-11(8-15)14(20-3)13(7-12)19-2/h6-7,10H,4-5,8-9,15H2,1-3H3. The smallest absolute Gasteiger partial charge is 0.242 e. The molecule has 1 aromatic carbocycles. The van der Waals surface area contributed by atoms with Crippen molar-refractivity contribution in [2.24, 2.45) is 11.7 Å². The molecule has 0 bridgehead atoms. The van der Waals surface area contributed by atoms with Gasteiger partial charge in [-0.15, -0.1) is 0 Å². The van der Waals surface area contributed by atoms with Crippen molar-refractivity contribution in [3.05, 3.63) is 17.7 Å². The quantitative estimate of drug-likeness (QED) is 0.817. The molecule has 0 amide bonds. The van der Waals surface area contributed by atoms with E-state index in [4.69, 9.17) is 15.2 Å². The maximum absolute atomic E-state index is 12.6. The molecule has 6 nitrogen and oxygen atoms in total. The Balaban J connectivity index is 2.42. The molecule has 1 fully saturated rings. The zero-order valence-corrected chi connectivity index (χ0v) is 13.4. The summed E-state index contributed by atoms with van der Waals surface area (Å²) >= 11 is 0. The van der Waals surface area contributed by atoms with Crippen LogP contribution >= 0.6 is 0 Å². The molecule has 1 aliphatic carbocycles. The van der Waals surface area contributed by atoms with Crippen LogP contribution in [-0.2, 0) is 16.6 Å². The van der Waals surface area contributed by atoms with Crippen molar-refractivity contribution < 1.29 is 17.9 Å². The minimum atomic E-state index is -3.54. The molecule has 0 aromatic heterocycles. The minimum Gasteiger partial charge on any atom is -0.493 e. The zero-order chi connectivity index (χ0) is 15.6. The molecule has 2 rings (SSSR count). The first-order valence-corrected chi connectivity index (χ1v) is 8.29. The Labute approximate surface area is 125 Å². The molecular formula is C14H22N2O4S. The molecule has 0 radical (unpaired) electrons. The molecule has 0 saturated heterocycles. The maximum Gasteiger partial charge on any atom is 0.242 e. The van der Waals surface area contributed by atoms with Gasteiger partial charge in [0.2, 0.25) is 10.0 Å². The van der Waals surface area contributed by atoms with Gasteiger partial charge in [-0.05, 0) is 24.8 Å². The van der Waals surface area contributed by atoms with Crippen molar-refractivity contribution in [3.63, 3.8) is 0 Å². The lowest BCUT2D eigenvalue weighted by Crippen LogP contribution is -2.29. The molecular weight excluding hydrogens is 292 g/mol. The van der Waals surface area contributed by atoms with E-state index in [9.17, 15) is 8.42 Å². The van der Waals surface area contributed by atoms with Crippen LogP contribution < -0.4 is 15.2 Å². The van der Waals surface area contributed by atoms with Gasteiger partial charge < -0.3 is 15.2 Å². The van der Waals surface area contributed by atoms with Crippen molar-refractivity contribution in [2.75, 3.05) is 27.8 Å². The minimum absolute atomic E-state index is 0.176. The summed E-state index contributed by atoms with van der Waals surface area (Å²) in [5.74, 6) is 1.33. The molecule has 21 heavy (non-hydrogen) atoms. The van der Waals surface area contributed by atoms with Crippen LogP contribution in [-0.4, -0.2) is 40.5 Å². The predicted octanol–water partition coefficient (Wildman–Crippen LogP) is 1.19. The van der Waals surface area contributed by atoms with Gasteiger partial charge in [0.05, 0.1) is 19.1 Å². The van der Waals surface area contributed by atoms with E-state index in [2.05, 4.69) is 0 Å². The molecule has 0 aliphatic heterocycles. The van der Waals surface area contributed by atoms with E-state index >= 15 is 0 Å². The monoisotopic (exact) mass is 314 g/mol. The van der Waals surface area contributed by atoms with Gasteiger partial charge in [0.25, 0.3) is 0 Å².